The number of pyridine rings is 1. The fraction of sp³-hybridized carbons (Fsp3) is 0.188. The molecule has 0 radical (unpaired) electrons. The van der Waals surface area contributed by atoms with Crippen LogP contribution in [0.3, 0.4) is 0 Å². The largest absolute Gasteiger partial charge is 0.370 e. The van der Waals surface area contributed by atoms with Crippen molar-refractivity contribution in [3.8, 4) is 0 Å². The number of benzene rings is 1. The topological polar surface area (TPSA) is 40.7 Å². The summed E-state index contributed by atoms with van der Waals surface area (Å²) < 4.78 is 1.01. The van der Waals surface area contributed by atoms with Gasteiger partial charge in [0.15, 0.2) is 0 Å². The van der Waals surface area contributed by atoms with Gasteiger partial charge in [-0.3, -0.25) is 0 Å². The minimum absolute atomic E-state index is 0.872. The van der Waals surface area contributed by atoms with Crippen LogP contribution in [0.25, 0.3) is 10.9 Å². The van der Waals surface area contributed by atoms with E-state index >= 15 is 0 Å². The Labute approximate surface area is 126 Å². The van der Waals surface area contributed by atoms with Crippen molar-refractivity contribution < 1.29 is 0 Å². The Balaban J connectivity index is 1.68. The maximum Gasteiger partial charge on any atom is 0.128 e. The van der Waals surface area contributed by atoms with Gasteiger partial charge < -0.3 is 10.3 Å². The van der Waals surface area contributed by atoms with E-state index in [1.807, 2.05) is 6.20 Å². The maximum atomic E-state index is 4.39. The molecule has 2 heterocycles. The molecule has 0 bridgehead atoms. The molecule has 0 spiro atoms. The Hall–Kier alpha value is -1.81. The van der Waals surface area contributed by atoms with Gasteiger partial charge >= 0.3 is 0 Å². The molecule has 0 saturated carbocycles. The van der Waals surface area contributed by atoms with Crippen molar-refractivity contribution in [3.05, 3.63) is 58.3 Å². The molecule has 3 nitrogen and oxygen atoms in total. The van der Waals surface area contributed by atoms with E-state index in [9.17, 15) is 0 Å². The third-order valence-electron chi connectivity index (χ3n) is 3.41. The van der Waals surface area contributed by atoms with Crippen LogP contribution in [0.5, 0.6) is 0 Å². The first-order valence-corrected chi connectivity index (χ1v) is 7.44. The van der Waals surface area contributed by atoms with Crippen LogP contribution in [0.2, 0.25) is 0 Å². The summed E-state index contributed by atoms with van der Waals surface area (Å²) in [5, 5.41) is 4.70. The van der Waals surface area contributed by atoms with Crippen molar-refractivity contribution >= 4 is 32.7 Å². The molecule has 2 N–H and O–H groups in total. The van der Waals surface area contributed by atoms with E-state index in [4.69, 9.17) is 0 Å². The molecule has 2 aromatic heterocycles. The Morgan fingerprint density at radius 1 is 1.30 bits per heavy atom. The number of fused-ring (bicyclic) bond motifs is 1. The lowest BCUT2D eigenvalue weighted by molar-refractivity contribution is 1.01. The molecule has 0 aliphatic carbocycles. The van der Waals surface area contributed by atoms with Crippen LogP contribution >= 0.6 is 15.9 Å². The van der Waals surface area contributed by atoms with Gasteiger partial charge in [0.1, 0.15) is 5.82 Å². The van der Waals surface area contributed by atoms with Gasteiger partial charge in [0.05, 0.1) is 0 Å². The first-order valence-electron chi connectivity index (χ1n) is 6.65. The molecule has 0 aliphatic rings. The summed E-state index contributed by atoms with van der Waals surface area (Å²) in [5.74, 6) is 0.952. The number of anilines is 1. The number of halogens is 1. The van der Waals surface area contributed by atoms with E-state index in [-0.39, 0.29) is 0 Å². The third-order valence-corrected chi connectivity index (χ3v) is 3.84. The number of nitrogens with zero attached hydrogens (tertiary/aromatic N) is 1. The number of aromatic amines is 1. The molecule has 3 aromatic rings. The Morgan fingerprint density at radius 3 is 3.00 bits per heavy atom. The minimum atomic E-state index is 0.872. The second kappa shape index (κ2) is 5.67. The zero-order valence-electron chi connectivity index (χ0n) is 11.3. The van der Waals surface area contributed by atoms with E-state index < -0.39 is 0 Å². The quantitative estimate of drug-likeness (QED) is 0.749. The van der Waals surface area contributed by atoms with Crippen molar-refractivity contribution in [2.24, 2.45) is 0 Å². The van der Waals surface area contributed by atoms with Crippen LogP contribution in [0, 0.1) is 6.92 Å². The number of aromatic nitrogens is 2. The van der Waals surface area contributed by atoms with Gasteiger partial charge in [-0.05, 0) is 52.5 Å². The monoisotopic (exact) mass is 329 g/mol. The lowest BCUT2D eigenvalue weighted by Crippen LogP contribution is -2.07. The summed E-state index contributed by atoms with van der Waals surface area (Å²) >= 11 is 3.43. The predicted octanol–water partition coefficient (Wildman–Crippen LogP) is 4.29. The van der Waals surface area contributed by atoms with Crippen LogP contribution < -0.4 is 5.32 Å². The summed E-state index contributed by atoms with van der Waals surface area (Å²) in [7, 11) is 0. The molecular formula is C16H16BrN3. The second-order valence-electron chi connectivity index (χ2n) is 4.86. The van der Waals surface area contributed by atoms with Crippen molar-refractivity contribution in [2.75, 3.05) is 11.9 Å². The minimum Gasteiger partial charge on any atom is -0.370 e. The number of H-pyrrole nitrogens is 1. The van der Waals surface area contributed by atoms with Gasteiger partial charge in [0.25, 0.3) is 0 Å². The molecule has 0 aliphatic heterocycles. The van der Waals surface area contributed by atoms with Crippen molar-refractivity contribution in [1.82, 2.24) is 9.97 Å². The molecule has 3 rings (SSSR count). The average molecular weight is 330 g/mol. The van der Waals surface area contributed by atoms with Gasteiger partial charge in [0, 0.05) is 34.3 Å². The van der Waals surface area contributed by atoms with Gasteiger partial charge in [0.2, 0.25) is 0 Å². The SMILES string of the molecule is Cc1cc(Br)cnc1NCCc1c[nH]c2ccccc12. The highest BCUT2D eigenvalue weighted by Gasteiger charge is 2.04. The van der Waals surface area contributed by atoms with Gasteiger partial charge in [-0.25, -0.2) is 4.98 Å². The average Bonchev–Trinajstić information content (AvgIpc) is 2.85. The smallest absolute Gasteiger partial charge is 0.128 e. The number of rotatable bonds is 4. The summed E-state index contributed by atoms with van der Waals surface area (Å²) in [6, 6.07) is 10.5. The molecule has 102 valence electrons. The molecule has 1 aromatic carbocycles. The fourth-order valence-electron chi connectivity index (χ4n) is 2.38. The molecule has 20 heavy (non-hydrogen) atoms. The fourth-order valence-corrected chi connectivity index (χ4v) is 2.83. The normalized spacial score (nSPS) is 10.9. The molecular weight excluding hydrogens is 314 g/mol. The summed E-state index contributed by atoms with van der Waals surface area (Å²) in [6.45, 7) is 2.93. The van der Waals surface area contributed by atoms with E-state index in [0.29, 0.717) is 0 Å². The molecule has 0 saturated heterocycles. The molecule has 0 unspecified atom stereocenters. The maximum absolute atomic E-state index is 4.39. The van der Waals surface area contributed by atoms with E-state index in [0.717, 1.165) is 28.8 Å². The standard InChI is InChI=1S/C16H16BrN3/c1-11-8-13(17)10-20-16(11)18-7-6-12-9-19-15-5-3-2-4-14(12)15/h2-5,8-10,19H,6-7H2,1H3,(H,18,20). The predicted molar refractivity (Wildman–Crippen MR) is 87.2 cm³/mol. The van der Waals surface area contributed by atoms with Crippen molar-refractivity contribution in [3.63, 3.8) is 0 Å². The number of hydrogen-bond donors (Lipinski definition) is 2. The highest BCUT2D eigenvalue weighted by Crippen LogP contribution is 2.19. The number of nitrogens with one attached hydrogen (secondary N) is 2. The second-order valence-corrected chi connectivity index (χ2v) is 5.77. The summed E-state index contributed by atoms with van der Waals surface area (Å²) in [4.78, 5) is 7.70. The van der Waals surface area contributed by atoms with Crippen LogP contribution in [-0.4, -0.2) is 16.5 Å². The van der Waals surface area contributed by atoms with Crippen LogP contribution in [0.4, 0.5) is 5.82 Å². The third kappa shape index (κ3) is 2.70. The highest BCUT2D eigenvalue weighted by molar-refractivity contribution is 9.10. The number of hydrogen-bond acceptors (Lipinski definition) is 2. The lowest BCUT2D eigenvalue weighted by atomic mass is 10.1. The summed E-state index contributed by atoms with van der Waals surface area (Å²) in [5.41, 5.74) is 3.68. The zero-order valence-corrected chi connectivity index (χ0v) is 12.9. The van der Waals surface area contributed by atoms with E-state index in [2.05, 4.69) is 74.7 Å². The first-order chi connectivity index (χ1) is 9.74. The Kier molecular flexibility index (Phi) is 3.74. The van der Waals surface area contributed by atoms with Crippen LogP contribution in [0.1, 0.15) is 11.1 Å². The first kappa shape index (κ1) is 13.2. The molecule has 0 atom stereocenters. The summed E-state index contributed by atoms with van der Waals surface area (Å²) in [6.07, 6.45) is 4.89. The van der Waals surface area contributed by atoms with Crippen molar-refractivity contribution in [2.45, 2.75) is 13.3 Å². The number of aryl methyl sites for hydroxylation is 1. The van der Waals surface area contributed by atoms with E-state index in [1.54, 1.807) is 0 Å². The molecule has 0 amide bonds. The molecule has 4 heteroatoms. The van der Waals surface area contributed by atoms with Gasteiger partial charge in [-0.15, -0.1) is 0 Å². The number of para-hydroxylation sites is 1. The zero-order chi connectivity index (χ0) is 13.9. The van der Waals surface area contributed by atoms with Gasteiger partial charge in [-0.2, -0.15) is 0 Å². The lowest BCUT2D eigenvalue weighted by Gasteiger charge is -2.08. The van der Waals surface area contributed by atoms with Crippen molar-refractivity contribution in [1.29, 1.82) is 0 Å². The molecule has 0 fully saturated rings. The van der Waals surface area contributed by atoms with Crippen LogP contribution in [0.15, 0.2) is 47.2 Å². The highest BCUT2D eigenvalue weighted by atomic mass is 79.9. The van der Waals surface area contributed by atoms with E-state index in [1.165, 1.54) is 16.5 Å². The Bertz CT molecular complexity index is 733. The van der Waals surface area contributed by atoms with Gasteiger partial charge in [-0.1, -0.05) is 18.2 Å². The Morgan fingerprint density at radius 2 is 2.15 bits per heavy atom. The van der Waals surface area contributed by atoms with Crippen LogP contribution in [-0.2, 0) is 6.42 Å².